The number of ether oxygens (including phenoxy) is 1. The zero-order valence-corrected chi connectivity index (χ0v) is 23.2. The minimum atomic E-state index is -0.460. The van der Waals surface area contributed by atoms with Gasteiger partial charge in [-0.05, 0) is 99.1 Å². The zero-order chi connectivity index (χ0) is 26.5. The van der Waals surface area contributed by atoms with Gasteiger partial charge in [0.15, 0.2) is 0 Å². The highest BCUT2D eigenvalue weighted by atomic mass is 32.1. The van der Waals surface area contributed by atoms with E-state index in [1.54, 1.807) is 11.3 Å². The summed E-state index contributed by atoms with van der Waals surface area (Å²) in [6.45, 7) is 4.67. The molecule has 8 heteroatoms. The van der Waals surface area contributed by atoms with Crippen LogP contribution in [0.5, 0.6) is 0 Å². The fraction of sp³-hybridized carbons (Fsp3) is 0.533. The number of unbranched alkanes of at least 4 members (excludes halogenated alkanes) is 1. The Labute approximate surface area is 229 Å². The van der Waals surface area contributed by atoms with E-state index in [4.69, 9.17) is 9.72 Å². The summed E-state index contributed by atoms with van der Waals surface area (Å²) in [4.78, 5) is 27.2. The number of aryl methyl sites for hydroxylation is 1. The lowest BCUT2D eigenvalue weighted by molar-refractivity contribution is -0.150. The third-order valence-corrected chi connectivity index (χ3v) is 8.68. The molecule has 3 heterocycles. The number of pyridine rings is 2. The number of anilines is 2. The van der Waals surface area contributed by atoms with E-state index in [0.717, 1.165) is 71.3 Å². The van der Waals surface area contributed by atoms with E-state index in [2.05, 4.69) is 47.3 Å². The van der Waals surface area contributed by atoms with Crippen molar-refractivity contribution in [1.82, 2.24) is 15.0 Å². The van der Waals surface area contributed by atoms with Gasteiger partial charge in [0, 0.05) is 18.8 Å². The molecule has 3 aromatic heterocycles. The number of aliphatic hydroxyl groups excluding tert-OH is 1. The molecular weight excluding hydrogens is 496 g/mol. The first-order valence-electron chi connectivity index (χ1n) is 14.0. The fourth-order valence-electron chi connectivity index (χ4n) is 5.22. The number of esters is 1. The molecule has 0 bridgehead atoms. The molecule has 2 fully saturated rings. The molecule has 2 N–H and O–H groups in total. The number of hydrogen-bond donors (Lipinski definition) is 2. The first-order chi connectivity index (χ1) is 18.5. The molecule has 7 nitrogen and oxygen atoms in total. The van der Waals surface area contributed by atoms with Crippen molar-refractivity contribution in [1.29, 1.82) is 0 Å². The van der Waals surface area contributed by atoms with Gasteiger partial charge in [-0.25, -0.2) is 15.0 Å². The number of carbonyl (C=O) groups is 1. The molecule has 0 spiro atoms. The molecule has 3 aromatic rings. The standard InChI is InChI=1S/C30H38N4O3S/c1-3-4-13-37-30(36)22-9-7-21(8-10-22)25(35)17-29-32-18-26(38-29)24-14-19(2)15-28(33-24)34-27-16-23(11-12-31-27)20-5-6-20/h11-12,14-16,18,20-22,25,35H,3-10,13,17H2,1-2H3,(H,31,33,34). The Kier molecular flexibility index (Phi) is 8.69. The number of nitrogens with one attached hydrogen (secondary N) is 1. The summed E-state index contributed by atoms with van der Waals surface area (Å²) in [5.41, 5.74) is 3.31. The summed E-state index contributed by atoms with van der Waals surface area (Å²) in [5, 5.41) is 15.2. The van der Waals surface area contributed by atoms with Crippen LogP contribution in [0.25, 0.3) is 10.6 Å². The molecule has 38 heavy (non-hydrogen) atoms. The van der Waals surface area contributed by atoms with Crippen molar-refractivity contribution < 1.29 is 14.6 Å². The maximum absolute atomic E-state index is 12.3. The third-order valence-electron chi connectivity index (χ3n) is 7.64. The molecule has 0 radical (unpaired) electrons. The van der Waals surface area contributed by atoms with E-state index in [1.165, 1.54) is 18.4 Å². The number of aliphatic hydroxyl groups is 1. The minimum absolute atomic E-state index is 0.0247. The Morgan fingerprint density at radius 3 is 2.71 bits per heavy atom. The van der Waals surface area contributed by atoms with Gasteiger partial charge in [-0.2, -0.15) is 0 Å². The van der Waals surface area contributed by atoms with Crippen LogP contribution in [0.4, 0.5) is 11.6 Å². The van der Waals surface area contributed by atoms with Gasteiger partial charge in [0.25, 0.3) is 0 Å². The van der Waals surface area contributed by atoms with Crippen LogP contribution in [0, 0.1) is 18.8 Å². The molecule has 2 aliphatic rings. The Balaban J connectivity index is 1.17. The first-order valence-corrected chi connectivity index (χ1v) is 14.8. The summed E-state index contributed by atoms with van der Waals surface area (Å²) in [5.74, 6) is 2.35. The maximum Gasteiger partial charge on any atom is 0.308 e. The zero-order valence-electron chi connectivity index (χ0n) is 22.4. The van der Waals surface area contributed by atoms with Crippen molar-refractivity contribution in [2.75, 3.05) is 11.9 Å². The van der Waals surface area contributed by atoms with Crippen molar-refractivity contribution in [2.45, 2.75) is 83.7 Å². The molecule has 2 saturated carbocycles. The highest BCUT2D eigenvalue weighted by Crippen LogP contribution is 2.40. The van der Waals surface area contributed by atoms with Crippen LogP contribution >= 0.6 is 11.3 Å². The second-order valence-electron chi connectivity index (χ2n) is 10.8. The second kappa shape index (κ2) is 12.3. The number of aromatic nitrogens is 3. The third kappa shape index (κ3) is 6.97. The van der Waals surface area contributed by atoms with Gasteiger partial charge in [-0.15, -0.1) is 11.3 Å². The van der Waals surface area contributed by atoms with Gasteiger partial charge in [-0.1, -0.05) is 13.3 Å². The lowest BCUT2D eigenvalue weighted by Gasteiger charge is -2.30. The van der Waals surface area contributed by atoms with Gasteiger partial charge in [0.2, 0.25) is 0 Å². The van der Waals surface area contributed by atoms with Crippen LogP contribution in [0.2, 0.25) is 0 Å². The Hall–Kier alpha value is -2.84. The topological polar surface area (TPSA) is 97.2 Å². The number of rotatable bonds is 11. The second-order valence-corrected chi connectivity index (χ2v) is 11.9. The van der Waals surface area contributed by atoms with E-state index in [9.17, 15) is 9.90 Å². The number of thiazole rings is 1. The average Bonchev–Trinajstić information content (AvgIpc) is 3.67. The van der Waals surface area contributed by atoms with Crippen LogP contribution in [0.3, 0.4) is 0 Å². The summed E-state index contributed by atoms with van der Waals surface area (Å²) < 4.78 is 5.40. The molecule has 0 saturated heterocycles. The summed E-state index contributed by atoms with van der Waals surface area (Å²) in [6, 6.07) is 8.31. The van der Waals surface area contributed by atoms with Crippen molar-refractivity contribution in [3.8, 4) is 10.6 Å². The predicted molar refractivity (Wildman–Crippen MR) is 151 cm³/mol. The number of carbonyl (C=O) groups excluding carboxylic acids is 1. The van der Waals surface area contributed by atoms with Crippen LogP contribution in [0.1, 0.15) is 80.3 Å². The summed E-state index contributed by atoms with van der Waals surface area (Å²) >= 11 is 1.58. The lowest BCUT2D eigenvalue weighted by atomic mass is 9.79. The molecular formula is C30H38N4O3S. The largest absolute Gasteiger partial charge is 0.465 e. The van der Waals surface area contributed by atoms with Crippen LogP contribution in [-0.2, 0) is 16.0 Å². The van der Waals surface area contributed by atoms with Crippen LogP contribution < -0.4 is 5.32 Å². The molecule has 0 aromatic carbocycles. The van der Waals surface area contributed by atoms with Gasteiger partial charge in [0.05, 0.1) is 34.2 Å². The monoisotopic (exact) mass is 534 g/mol. The molecule has 1 unspecified atom stereocenters. The van der Waals surface area contributed by atoms with Crippen molar-refractivity contribution in [3.63, 3.8) is 0 Å². The van der Waals surface area contributed by atoms with E-state index >= 15 is 0 Å². The van der Waals surface area contributed by atoms with Crippen molar-refractivity contribution >= 4 is 28.9 Å². The predicted octanol–water partition coefficient (Wildman–Crippen LogP) is 6.58. The molecule has 2 aliphatic carbocycles. The van der Waals surface area contributed by atoms with E-state index in [0.29, 0.717) is 18.9 Å². The maximum atomic E-state index is 12.3. The minimum Gasteiger partial charge on any atom is -0.465 e. The Morgan fingerprint density at radius 2 is 1.95 bits per heavy atom. The quantitative estimate of drug-likeness (QED) is 0.212. The molecule has 1 atom stereocenters. The summed E-state index contributed by atoms with van der Waals surface area (Å²) in [6.07, 6.45) is 11.5. The molecule has 202 valence electrons. The average molecular weight is 535 g/mol. The highest BCUT2D eigenvalue weighted by Gasteiger charge is 2.31. The fourth-order valence-corrected chi connectivity index (χ4v) is 6.15. The van der Waals surface area contributed by atoms with Crippen molar-refractivity contribution in [2.24, 2.45) is 11.8 Å². The smallest absolute Gasteiger partial charge is 0.308 e. The number of hydrogen-bond acceptors (Lipinski definition) is 8. The van der Waals surface area contributed by atoms with Crippen LogP contribution in [0.15, 0.2) is 36.7 Å². The Bertz CT molecular complexity index is 1230. The van der Waals surface area contributed by atoms with Gasteiger partial charge >= 0.3 is 5.97 Å². The normalized spacial score (nSPS) is 20.2. The lowest BCUT2D eigenvalue weighted by Crippen LogP contribution is -2.30. The van der Waals surface area contributed by atoms with E-state index in [1.807, 2.05) is 18.5 Å². The van der Waals surface area contributed by atoms with Gasteiger partial charge < -0.3 is 15.2 Å². The van der Waals surface area contributed by atoms with Gasteiger partial charge in [-0.3, -0.25) is 4.79 Å². The molecule has 0 aliphatic heterocycles. The Morgan fingerprint density at radius 1 is 1.13 bits per heavy atom. The van der Waals surface area contributed by atoms with Gasteiger partial charge in [0.1, 0.15) is 11.6 Å². The SMILES string of the molecule is CCCCOC(=O)C1CCC(C(O)Cc2ncc(-c3cc(C)cc(Nc4cc(C5CC5)ccn4)n3)s2)CC1. The highest BCUT2D eigenvalue weighted by molar-refractivity contribution is 7.15. The van der Waals surface area contributed by atoms with E-state index in [-0.39, 0.29) is 17.8 Å². The molecule has 0 amide bonds. The summed E-state index contributed by atoms with van der Waals surface area (Å²) in [7, 11) is 0. The number of nitrogens with zero attached hydrogens (tertiary/aromatic N) is 3. The van der Waals surface area contributed by atoms with E-state index < -0.39 is 6.10 Å². The van der Waals surface area contributed by atoms with Crippen LogP contribution in [-0.4, -0.2) is 38.7 Å². The van der Waals surface area contributed by atoms with Crippen molar-refractivity contribution in [3.05, 3.63) is 52.8 Å². The first kappa shape index (κ1) is 26.8. The molecule has 5 rings (SSSR count).